The lowest BCUT2D eigenvalue weighted by atomic mass is 10.1. The fourth-order valence-corrected chi connectivity index (χ4v) is 3.68. The SMILES string of the molecule is O=C(NCCCn1ccnc1-c1ccccc1)C1CC(=O)N(c2ccccc2)C1. The van der Waals surface area contributed by atoms with Gasteiger partial charge in [0.15, 0.2) is 0 Å². The Morgan fingerprint density at radius 1 is 1.07 bits per heavy atom. The van der Waals surface area contributed by atoms with Gasteiger partial charge in [0.1, 0.15) is 5.82 Å². The van der Waals surface area contributed by atoms with Gasteiger partial charge in [-0.15, -0.1) is 0 Å². The van der Waals surface area contributed by atoms with Crippen LogP contribution in [0.1, 0.15) is 12.8 Å². The lowest BCUT2D eigenvalue weighted by Crippen LogP contribution is -2.33. The van der Waals surface area contributed by atoms with E-state index in [2.05, 4.69) is 14.9 Å². The molecule has 1 saturated heterocycles. The predicted octanol–water partition coefficient (Wildman–Crippen LogP) is 3.11. The number of para-hydroxylation sites is 1. The third-order valence-corrected chi connectivity index (χ3v) is 5.19. The van der Waals surface area contributed by atoms with Crippen molar-refractivity contribution in [3.05, 3.63) is 73.1 Å². The lowest BCUT2D eigenvalue weighted by Gasteiger charge is -2.16. The first kappa shape index (κ1) is 18.9. The zero-order valence-corrected chi connectivity index (χ0v) is 16.2. The second kappa shape index (κ2) is 8.73. The van der Waals surface area contributed by atoms with Crippen LogP contribution in [0.2, 0.25) is 0 Å². The summed E-state index contributed by atoms with van der Waals surface area (Å²) in [5, 5.41) is 2.99. The van der Waals surface area contributed by atoms with Gasteiger partial charge in [0.25, 0.3) is 0 Å². The van der Waals surface area contributed by atoms with Gasteiger partial charge in [-0.3, -0.25) is 9.59 Å². The molecule has 0 radical (unpaired) electrons. The molecule has 29 heavy (non-hydrogen) atoms. The Hall–Kier alpha value is -3.41. The summed E-state index contributed by atoms with van der Waals surface area (Å²) in [6, 6.07) is 19.6. The van der Waals surface area contributed by atoms with E-state index in [-0.39, 0.29) is 24.2 Å². The number of aryl methyl sites for hydroxylation is 1. The van der Waals surface area contributed by atoms with Crippen LogP contribution in [0, 0.1) is 5.92 Å². The highest BCUT2D eigenvalue weighted by Crippen LogP contribution is 2.24. The van der Waals surface area contributed by atoms with Crippen molar-refractivity contribution in [2.45, 2.75) is 19.4 Å². The maximum atomic E-state index is 12.5. The normalized spacial score (nSPS) is 16.2. The molecule has 6 heteroatoms. The highest BCUT2D eigenvalue weighted by Gasteiger charge is 2.34. The number of hydrogen-bond donors (Lipinski definition) is 1. The summed E-state index contributed by atoms with van der Waals surface area (Å²) >= 11 is 0. The number of carbonyl (C=O) groups excluding carboxylic acids is 2. The van der Waals surface area contributed by atoms with E-state index in [1.165, 1.54) is 0 Å². The zero-order valence-electron chi connectivity index (χ0n) is 16.2. The van der Waals surface area contributed by atoms with Gasteiger partial charge in [-0.05, 0) is 18.6 Å². The molecule has 1 aliphatic heterocycles. The molecule has 1 aliphatic rings. The van der Waals surface area contributed by atoms with Crippen molar-refractivity contribution in [1.82, 2.24) is 14.9 Å². The zero-order chi connectivity index (χ0) is 20.1. The number of nitrogens with one attached hydrogen (secondary N) is 1. The van der Waals surface area contributed by atoms with Gasteiger partial charge in [0.2, 0.25) is 11.8 Å². The van der Waals surface area contributed by atoms with Crippen molar-refractivity contribution in [1.29, 1.82) is 0 Å². The van der Waals surface area contributed by atoms with E-state index < -0.39 is 0 Å². The fraction of sp³-hybridized carbons (Fsp3) is 0.261. The number of rotatable bonds is 7. The second-order valence-electron chi connectivity index (χ2n) is 7.20. The highest BCUT2D eigenvalue weighted by atomic mass is 16.2. The van der Waals surface area contributed by atoms with E-state index in [4.69, 9.17) is 0 Å². The summed E-state index contributed by atoms with van der Waals surface area (Å²) in [6.07, 6.45) is 4.81. The van der Waals surface area contributed by atoms with Gasteiger partial charge >= 0.3 is 0 Å². The van der Waals surface area contributed by atoms with Crippen molar-refractivity contribution < 1.29 is 9.59 Å². The van der Waals surface area contributed by atoms with Gasteiger partial charge in [0, 0.05) is 49.7 Å². The van der Waals surface area contributed by atoms with Gasteiger partial charge in [-0.25, -0.2) is 4.98 Å². The van der Waals surface area contributed by atoms with E-state index in [0.717, 1.165) is 30.0 Å². The molecule has 1 N–H and O–H groups in total. The van der Waals surface area contributed by atoms with Crippen LogP contribution in [0.15, 0.2) is 73.1 Å². The molecule has 3 aromatic rings. The van der Waals surface area contributed by atoms with Crippen molar-refractivity contribution in [2.24, 2.45) is 5.92 Å². The molecule has 4 rings (SSSR count). The van der Waals surface area contributed by atoms with Gasteiger partial charge in [0.05, 0.1) is 5.92 Å². The van der Waals surface area contributed by atoms with Crippen LogP contribution in [-0.4, -0.2) is 34.5 Å². The number of imidazole rings is 1. The summed E-state index contributed by atoms with van der Waals surface area (Å²) in [5.41, 5.74) is 1.92. The minimum Gasteiger partial charge on any atom is -0.356 e. The molecule has 2 aromatic carbocycles. The molecule has 6 nitrogen and oxygen atoms in total. The second-order valence-corrected chi connectivity index (χ2v) is 7.20. The fourth-order valence-electron chi connectivity index (χ4n) is 3.68. The predicted molar refractivity (Wildman–Crippen MR) is 112 cm³/mol. The number of hydrogen-bond acceptors (Lipinski definition) is 3. The molecule has 1 unspecified atom stereocenters. The molecular weight excluding hydrogens is 364 g/mol. The highest BCUT2D eigenvalue weighted by molar-refractivity contribution is 6.00. The van der Waals surface area contributed by atoms with E-state index >= 15 is 0 Å². The van der Waals surface area contributed by atoms with Gasteiger partial charge < -0.3 is 14.8 Å². The Morgan fingerprint density at radius 2 is 1.79 bits per heavy atom. The third kappa shape index (κ3) is 4.37. The molecule has 0 spiro atoms. The molecule has 1 atom stereocenters. The molecule has 2 heterocycles. The Morgan fingerprint density at radius 3 is 2.55 bits per heavy atom. The summed E-state index contributed by atoms with van der Waals surface area (Å²) < 4.78 is 2.09. The number of nitrogens with zero attached hydrogens (tertiary/aromatic N) is 3. The number of benzene rings is 2. The quantitative estimate of drug-likeness (QED) is 0.633. The molecule has 0 saturated carbocycles. The first-order chi connectivity index (χ1) is 14.2. The third-order valence-electron chi connectivity index (χ3n) is 5.19. The number of anilines is 1. The van der Waals surface area contributed by atoms with Crippen LogP contribution < -0.4 is 10.2 Å². The maximum Gasteiger partial charge on any atom is 0.227 e. The van der Waals surface area contributed by atoms with Gasteiger partial charge in [-0.1, -0.05) is 48.5 Å². The molecule has 1 fully saturated rings. The number of amides is 2. The number of carbonyl (C=O) groups is 2. The average Bonchev–Trinajstić information content (AvgIpc) is 3.39. The van der Waals surface area contributed by atoms with Crippen LogP contribution >= 0.6 is 0 Å². The summed E-state index contributed by atoms with van der Waals surface area (Å²) in [7, 11) is 0. The largest absolute Gasteiger partial charge is 0.356 e. The van der Waals surface area contributed by atoms with E-state index in [1.54, 1.807) is 11.1 Å². The maximum absolute atomic E-state index is 12.5. The van der Waals surface area contributed by atoms with Crippen molar-refractivity contribution in [2.75, 3.05) is 18.0 Å². The first-order valence-electron chi connectivity index (χ1n) is 9.92. The van der Waals surface area contributed by atoms with E-state index in [0.29, 0.717) is 13.1 Å². The number of aromatic nitrogens is 2. The minimum absolute atomic E-state index is 0.00210. The molecular formula is C23H24N4O2. The van der Waals surface area contributed by atoms with Crippen LogP contribution in [0.5, 0.6) is 0 Å². The van der Waals surface area contributed by atoms with Crippen molar-refractivity contribution in [3.8, 4) is 11.4 Å². The molecule has 2 amide bonds. The van der Waals surface area contributed by atoms with Crippen LogP contribution in [-0.2, 0) is 16.1 Å². The van der Waals surface area contributed by atoms with Crippen molar-refractivity contribution >= 4 is 17.5 Å². The van der Waals surface area contributed by atoms with Crippen molar-refractivity contribution in [3.63, 3.8) is 0 Å². The molecule has 0 aliphatic carbocycles. The van der Waals surface area contributed by atoms with E-state index in [1.807, 2.05) is 66.9 Å². The summed E-state index contributed by atoms with van der Waals surface area (Å²) in [5.74, 6) is 0.584. The summed E-state index contributed by atoms with van der Waals surface area (Å²) in [4.78, 5) is 30.9. The molecule has 0 bridgehead atoms. The standard InChI is InChI=1S/C23H24N4O2/c28-21-16-19(17-27(21)20-10-5-2-6-11-20)23(29)25-12-7-14-26-15-13-24-22(26)18-8-3-1-4-9-18/h1-6,8-11,13,15,19H,7,12,14,16-17H2,(H,25,29). The Labute approximate surface area is 170 Å². The smallest absolute Gasteiger partial charge is 0.227 e. The minimum atomic E-state index is -0.296. The Balaban J connectivity index is 1.26. The molecule has 148 valence electrons. The van der Waals surface area contributed by atoms with Gasteiger partial charge in [-0.2, -0.15) is 0 Å². The first-order valence-corrected chi connectivity index (χ1v) is 9.92. The molecule has 1 aromatic heterocycles. The van der Waals surface area contributed by atoms with Crippen LogP contribution in [0.4, 0.5) is 5.69 Å². The monoisotopic (exact) mass is 388 g/mol. The van der Waals surface area contributed by atoms with Crippen LogP contribution in [0.3, 0.4) is 0 Å². The Bertz CT molecular complexity index is 969. The lowest BCUT2D eigenvalue weighted by molar-refractivity contribution is -0.126. The summed E-state index contributed by atoms with van der Waals surface area (Å²) in [6.45, 7) is 1.78. The average molecular weight is 388 g/mol. The van der Waals surface area contributed by atoms with E-state index in [9.17, 15) is 9.59 Å². The topological polar surface area (TPSA) is 67.2 Å². The Kier molecular flexibility index (Phi) is 5.70. The van der Waals surface area contributed by atoms with Crippen LogP contribution in [0.25, 0.3) is 11.4 Å².